The van der Waals surface area contributed by atoms with Crippen LogP contribution in [0.3, 0.4) is 0 Å². The first-order valence-electron chi connectivity index (χ1n) is 10.9. The number of nitrogens with zero attached hydrogens (tertiary/aromatic N) is 3. The van der Waals surface area contributed by atoms with Gasteiger partial charge in [-0.05, 0) is 42.8 Å². The summed E-state index contributed by atoms with van der Waals surface area (Å²) in [6.45, 7) is 0. The number of aromatic nitrogens is 2. The third kappa shape index (κ3) is 5.23. The van der Waals surface area contributed by atoms with Crippen LogP contribution in [0.15, 0.2) is 89.9 Å². The summed E-state index contributed by atoms with van der Waals surface area (Å²) in [4.78, 5) is 25.7. The molecule has 35 heavy (non-hydrogen) atoms. The van der Waals surface area contributed by atoms with Crippen molar-refractivity contribution in [3.05, 3.63) is 102 Å². The van der Waals surface area contributed by atoms with Gasteiger partial charge in [-0.1, -0.05) is 48.6 Å². The topological polar surface area (TPSA) is 113 Å². The quantitative estimate of drug-likeness (QED) is 0.515. The molecule has 0 saturated carbocycles. The van der Waals surface area contributed by atoms with Gasteiger partial charge in [0.15, 0.2) is 0 Å². The number of rotatable bonds is 6. The Morgan fingerprint density at radius 1 is 0.971 bits per heavy atom. The molecular formula is C25H25N5O4S. The molecule has 0 bridgehead atoms. The number of hydrogen-bond acceptors (Lipinski definition) is 5. The molecule has 2 amide bonds. The van der Waals surface area contributed by atoms with Gasteiger partial charge in [0.25, 0.3) is 11.8 Å². The summed E-state index contributed by atoms with van der Waals surface area (Å²) in [5, 5.41) is 4.65. The zero-order chi connectivity index (χ0) is 25.0. The molecule has 1 aliphatic carbocycles. The van der Waals surface area contributed by atoms with Crippen molar-refractivity contribution in [2.45, 2.75) is 17.2 Å². The second-order valence-corrected chi connectivity index (χ2v) is 10.2. The van der Waals surface area contributed by atoms with Crippen LogP contribution >= 0.6 is 0 Å². The molecule has 4 rings (SSSR count). The van der Waals surface area contributed by atoms with Crippen LogP contribution in [0.1, 0.15) is 38.9 Å². The largest absolute Gasteiger partial charge is 0.288 e. The normalized spacial score (nSPS) is 15.2. The zero-order valence-electron chi connectivity index (χ0n) is 19.3. The van der Waals surface area contributed by atoms with Crippen LogP contribution in [-0.2, 0) is 10.0 Å². The maximum atomic E-state index is 13.1. The summed E-state index contributed by atoms with van der Waals surface area (Å²) in [5.74, 6) is -1.18. The number of benzene rings is 2. The Morgan fingerprint density at radius 2 is 1.71 bits per heavy atom. The minimum Gasteiger partial charge on any atom is -0.267 e. The molecule has 1 aromatic heterocycles. The number of carbonyl (C=O) groups excluding carboxylic acids is 2. The molecule has 0 spiro atoms. The summed E-state index contributed by atoms with van der Waals surface area (Å²) in [6, 6.07) is 16.5. The summed E-state index contributed by atoms with van der Waals surface area (Å²) in [5.41, 5.74) is 6.54. The molecular weight excluding hydrogens is 466 g/mol. The smallest absolute Gasteiger partial charge is 0.267 e. The van der Waals surface area contributed by atoms with Crippen molar-refractivity contribution in [3.8, 4) is 5.69 Å². The lowest BCUT2D eigenvalue weighted by molar-refractivity contribution is 0.0842. The molecule has 1 unspecified atom stereocenters. The summed E-state index contributed by atoms with van der Waals surface area (Å²) < 4.78 is 27.3. The molecule has 1 heterocycles. The van der Waals surface area contributed by atoms with Crippen LogP contribution in [0.4, 0.5) is 0 Å². The van der Waals surface area contributed by atoms with Gasteiger partial charge in [-0.3, -0.25) is 20.4 Å². The van der Waals surface area contributed by atoms with Gasteiger partial charge in [-0.25, -0.2) is 17.4 Å². The second kappa shape index (κ2) is 10.1. The van der Waals surface area contributed by atoms with Crippen LogP contribution in [0.2, 0.25) is 0 Å². The molecule has 9 nitrogen and oxygen atoms in total. The number of allylic oxidation sites excluding steroid dienone is 4. The first kappa shape index (κ1) is 24.1. The molecule has 0 saturated heterocycles. The number of nitrogens with one attached hydrogen (secondary N) is 2. The molecule has 3 aromatic rings. The lowest BCUT2D eigenvalue weighted by Crippen LogP contribution is -2.42. The van der Waals surface area contributed by atoms with E-state index >= 15 is 0 Å². The summed E-state index contributed by atoms with van der Waals surface area (Å²) in [6.07, 6.45) is 8.74. The number of para-hydroxylation sites is 1. The monoisotopic (exact) mass is 491 g/mol. The van der Waals surface area contributed by atoms with Crippen molar-refractivity contribution in [1.29, 1.82) is 0 Å². The Kier molecular flexibility index (Phi) is 6.94. The van der Waals surface area contributed by atoms with E-state index in [9.17, 15) is 18.0 Å². The van der Waals surface area contributed by atoms with Gasteiger partial charge in [0.05, 0.1) is 16.3 Å². The van der Waals surface area contributed by atoms with Crippen LogP contribution < -0.4 is 10.9 Å². The van der Waals surface area contributed by atoms with Gasteiger partial charge < -0.3 is 0 Å². The Morgan fingerprint density at radius 3 is 2.40 bits per heavy atom. The molecule has 0 aliphatic heterocycles. The standard InChI is InChI=1S/C25H25N5O4S/c1-29(2)35(33,34)21-15-9-12-19(16-21)24(31)26-27-25(32)23-17-22(18-10-5-3-6-11-18)28-30(23)20-13-7-4-8-14-20/h3-10,12-18H,11H2,1-2H3,(H,26,31)(H,27,32). The summed E-state index contributed by atoms with van der Waals surface area (Å²) >= 11 is 0. The number of carbonyl (C=O) groups is 2. The fourth-order valence-electron chi connectivity index (χ4n) is 3.57. The van der Waals surface area contributed by atoms with Gasteiger partial charge in [0.2, 0.25) is 10.0 Å². The minimum absolute atomic E-state index is 0.0251. The van der Waals surface area contributed by atoms with E-state index in [-0.39, 0.29) is 22.1 Å². The first-order valence-corrected chi connectivity index (χ1v) is 12.3. The van der Waals surface area contributed by atoms with Gasteiger partial charge >= 0.3 is 0 Å². The lowest BCUT2D eigenvalue weighted by Gasteiger charge is -2.13. The number of hydrogen-bond donors (Lipinski definition) is 2. The highest BCUT2D eigenvalue weighted by Gasteiger charge is 2.22. The predicted octanol–water partition coefficient (Wildman–Crippen LogP) is 2.80. The van der Waals surface area contributed by atoms with Crippen molar-refractivity contribution in [2.75, 3.05) is 14.1 Å². The Labute approximate surface area is 203 Å². The maximum absolute atomic E-state index is 13.1. The Balaban J connectivity index is 1.55. The molecule has 2 aromatic carbocycles. The van der Waals surface area contributed by atoms with Crippen molar-refractivity contribution in [2.24, 2.45) is 0 Å². The Hall–Kier alpha value is -4.02. The van der Waals surface area contributed by atoms with E-state index in [1.165, 1.54) is 43.0 Å². The van der Waals surface area contributed by atoms with Gasteiger partial charge in [-0.15, -0.1) is 0 Å². The fraction of sp³-hybridized carbons (Fsp3) is 0.160. The molecule has 1 atom stereocenters. The highest BCUT2D eigenvalue weighted by Crippen LogP contribution is 2.25. The molecule has 180 valence electrons. The van der Waals surface area contributed by atoms with Gasteiger partial charge in [-0.2, -0.15) is 5.10 Å². The maximum Gasteiger partial charge on any atom is 0.288 e. The highest BCUT2D eigenvalue weighted by molar-refractivity contribution is 7.89. The van der Waals surface area contributed by atoms with E-state index in [0.717, 1.165) is 16.4 Å². The van der Waals surface area contributed by atoms with Crippen LogP contribution in [0.5, 0.6) is 0 Å². The van der Waals surface area contributed by atoms with Crippen LogP contribution in [-0.4, -0.2) is 48.4 Å². The molecule has 10 heteroatoms. The van der Waals surface area contributed by atoms with E-state index in [4.69, 9.17) is 0 Å². The third-order valence-electron chi connectivity index (χ3n) is 5.49. The molecule has 2 N–H and O–H groups in total. The minimum atomic E-state index is -3.71. The molecule has 1 aliphatic rings. The zero-order valence-corrected chi connectivity index (χ0v) is 20.1. The van der Waals surface area contributed by atoms with E-state index in [2.05, 4.69) is 16.0 Å². The van der Waals surface area contributed by atoms with Gasteiger partial charge in [0, 0.05) is 25.6 Å². The van der Waals surface area contributed by atoms with Gasteiger partial charge in [0.1, 0.15) is 5.69 Å². The number of hydrazine groups is 1. The molecule has 0 fully saturated rings. The first-order chi connectivity index (χ1) is 16.8. The lowest BCUT2D eigenvalue weighted by atomic mass is 9.97. The second-order valence-electron chi connectivity index (χ2n) is 8.08. The van der Waals surface area contributed by atoms with E-state index in [1.807, 2.05) is 54.6 Å². The molecule has 0 radical (unpaired) electrons. The average Bonchev–Trinajstić information content (AvgIpc) is 3.34. The van der Waals surface area contributed by atoms with Crippen LogP contribution in [0, 0.1) is 0 Å². The highest BCUT2D eigenvalue weighted by atomic mass is 32.2. The number of amides is 2. The van der Waals surface area contributed by atoms with Crippen LogP contribution in [0.25, 0.3) is 5.69 Å². The fourth-order valence-corrected chi connectivity index (χ4v) is 4.51. The van der Waals surface area contributed by atoms with Crippen molar-refractivity contribution in [1.82, 2.24) is 24.9 Å². The van der Waals surface area contributed by atoms with Crippen molar-refractivity contribution in [3.63, 3.8) is 0 Å². The SMILES string of the molecule is CN(C)S(=O)(=O)c1cccc(C(=O)NNC(=O)c2cc(C3C=CC=CC3)nn2-c2ccccc2)c1. The summed E-state index contributed by atoms with van der Waals surface area (Å²) in [7, 11) is -0.890. The van der Waals surface area contributed by atoms with Crippen molar-refractivity contribution >= 4 is 21.8 Å². The van der Waals surface area contributed by atoms with E-state index < -0.39 is 21.8 Å². The number of sulfonamides is 1. The third-order valence-corrected chi connectivity index (χ3v) is 7.30. The van der Waals surface area contributed by atoms with E-state index in [0.29, 0.717) is 5.69 Å². The average molecular weight is 492 g/mol. The van der Waals surface area contributed by atoms with E-state index in [1.54, 1.807) is 6.07 Å². The predicted molar refractivity (Wildman–Crippen MR) is 131 cm³/mol. The Bertz CT molecular complexity index is 1410. The van der Waals surface area contributed by atoms with Crippen molar-refractivity contribution < 1.29 is 18.0 Å².